The molecule has 2 unspecified atom stereocenters. The molecule has 0 spiro atoms. The second-order valence-corrected chi connectivity index (χ2v) is 9.80. The van der Waals surface area contributed by atoms with Crippen LogP contribution in [0.25, 0.3) is 0 Å². The number of ether oxygens (including phenoxy) is 2. The van der Waals surface area contributed by atoms with Crippen LogP contribution in [-0.4, -0.2) is 67.8 Å². The molecular weight excluding hydrogens is 487 g/mol. The van der Waals surface area contributed by atoms with Gasteiger partial charge in [-0.15, -0.1) is 0 Å². The van der Waals surface area contributed by atoms with Gasteiger partial charge in [-0.05, 0) is 93.6 Å². The van der Waals surface area contributed by atoms with E-state index in [1.54, 1.807) is 43.5 Å². The van der Waals surface area contributed by atoms with Crippen molar-refractivity contribution in [2.45, 2.75) is 63.5 Å². The number of nitrogens with one attached hydrogen (secondary N) is 1. The molecule has 2 aromatic rings. The van der Waals surface area contributed by atoms with Crippen molar-refractivity contribution in [3.05, 3.63) is 59.7 Å². The van der Waals surface area contributed by atoms with Gasteiger partial charge in [0.2, 0.25) is 5.91 Å². The first-order valence-corrected chi connectivity index (χ1v) is 13.7. The number of likely N-dealkylation sites (tertiary alicyclic amines) is 1. The minimum Gasteiger partial charge on any atom is -0.497 e. The molecule has 7 nitrogen and oxygen atoms in total. The SMILES string of the molecule is COc1ccc(C(=O)CCCCC(=O)NC(CN2CCCC2)C(O)c2ccc(OCCCCF)cc2)cc1. The fraction of sp³-hybridized carbons (Fsp3) is 0.533. The van der Waals surface area contributed by atoms with Crippen molar-refractivity contribution in [1.82, 2.24) is 10.2 Å². The third-order valence-corrected chi connectivity index (χ3v) is 6.87. The van der Waals surface area contributed by atoms with Gasteiger partial charge in [0, 0.05) is 24.9 Å². The molecule has 2 aromatic carbocycles. The predicted molar refractivity (Wildman–Crippen MR) is 146 cm³/mol. The topological polar surface area (TPSA) is 88.1 Å². The minimum absolute atomic E-state index is 0.0465. The van der Waals surface area contributed by atoms with Gasteiger partial charge in [0.1, 0.15) is 17.6 Å². The number of nitrogens with zero attached hydrogens (tertiary/aromatic N) is 1. The van der Waals surface area contributed by atoms with Gasteiger partial charge < -0.3 is 24.8 Å². The van der Waals surface area contributed by atoms with Crippen molar-refractivity contribution in [3.8, 4) is 11.5 Å². The Balaban J connectivity index is 1.49. The maximum atomic E-state index is 12.8. The fourth-order valence-corrected chi connectivity index (χ4v) is 4.62. The van der Waals surface area contributed by atoms with Crippen LogP contribution in [0.2, 0.25) is 0 Å². The second kappa shape index (κ2) is 16.1. The Bertz CT molecular complexity index is 977. The Hall–Kier alpha value is -2.97. The number of unbranched alkanes of at least 4 members (excludes halogenated alkanes) is 2. The van der Waals surface area contributed by atoms with E-state index < -0.39 is 12.1 Å². The van der Waals surface area contributed by atoms with E-state index >= 15 is 0 Å². The maximum Gasteiger partial charge on any atom is 0.220 e. The number of carbonyl (C=O) groups excluding carboxylic acids is 2. The van der Waals surface area contributed by atoms with E-state index in [1.807, 2.05) is 12.1 Å². The Morgan fingerprint density at radius 2 is 1.61 bits per heavy atom. The number of Topliss-reactive ketones (excluding diaryl/α,β-unsaturated/α-hetero) is 1. The summed E-state index contributed by atoms with van der Waals surface area (Å²) in [6.45, 7) is 2.59. The quantitative estimate of drug-likeness (QED) is 0.225. The lowest BCUT2D eigenvalue weighted by Crippen LogP contribution is -2.46. The Morgan fingerprint density at radius 3 is 2.26 bits per heavy atom. The first-order chi connectivity index (χ1) is 18.5. The summed E-state index contributed by atoms with van der Waals surface area (Å²) in [6.07, 6.45) is 4.39. The highest BCUT2D eigenvalue weighted by Gasteiger charge is 2.26. The van der Waals surface area contributed by atoms with Crippen molar-refractivity contribution >= 4 is 11.7 Å². The lowest BCUT2D eigenvalue weighted by Gasteiger charge is -2.29. The standard InChI is InChI=1S/C30H41FN2O5/c1-37-25-14-10-23(11-15-25)28(34)8-2-3-9-29(35)32-27(22-33-19-5-6-20-33)30(36)24-12-16-26(17-13-24)38-21-7-4-18-31/h10-17,27,30,36H,2-9,18-22H2,1H3,(H,32,35). The highest BCUT2D eigenvalue weighted by molar-refractivity contribution is 5.96. The van der Waals surface area contributed by atoms with Crippen LogP contribution in [-0.2, 0) is 4.79 Å². The minimum atomic E-state index is -0.864. The summed E-state index contributed by atoms with van der Waals surface area (Å²) < 4.78 is 23.0. The van der Waals surface area contributed by atoms with Crippen molar-refractivity contribution in [2.75, 3.05) is 40.0 Å². The molecule has 2 N–H and O–H groups in total. The Morgan fingerprint density at radius 1 is 0.947 bits per heavy atom. The molecule has 38 heavy (non-hydrogen) atoms. The van der Waals surface area contributed by atoms with E-state index in [0.29, 0.717) is 74.3 Å². The number of alkyl halides is 1. The van der Waals surface area contributed by atoms with Crippen LogP contribution >= 0.6 is 0 Å². The van der Waals surface area contributed by atoms with Crippen LogP contribution in [0.1, 0.15) is 73.4 Å². The molecule has 1 fully saturated rings. The number of benzene rings is 2. The van der Waals surface area contributed by atoms with Crippen LogP contribution in [0.15, 0.2) is 48.5 Å². The maximum absolute atomic E-state index is 12.8. The molecule has 1 aliphatic heterocycles. The number of methoxy groups -OCH3 is 1. The van der Waals surface area contributed by atoms with E-state index in [0.717, 1.165) is 25.9 Å². The zero-order valence-corrected chi connectivity index (χ0v) is 22.4. The average molecular weight is 529 g/mol. The molecule has 1 amide bonds. The largest absolute Gasteiger partial charge is 0.497 e. The Kier molecular flexibility index (Phi) is 12.5. The number of ketones is 1. The molecule has 0 saturated carbocycles. The lowest BCUT2D eigenvalue weighted by atomic mass is 10.0. The van der Waals surface area contributed by atoms with Crippen molar-refractivity contribution in [1.29, 1.82) is 0 Å². The number of amides is 1. The van der Waals surface area contributed by atoms with Gasteiger partial charge >= 0.3 is 0 Å². The molecule has 8 heteroatoms. The molecule has 2 atom stereocenters. The molecule has 1 heterocycles. The molecule has 0 aromatic heterocycles. The van der Waals surface area contributed by atoms with Gasteiger partial charge in [0.15, 0.2) is 5.78 Å². The number of carbonyl (C=O) groups is 2. The number of aliphatic hydroxyl groups excluding tert-OH is 1. The Labute approximate surface area is 225 Å². The van der Waals surface area contributed by atoms with Crippen LogP contribution in [0.3, 0.4) is 0 Å². The number of hydrogen-bond donors (Lipinski definition) is 2. The number of halogens is 1. The van der Waals surface area contributed by atoms with Crippen LogP contribution in [0.5, 0.6) is 11.5 Å². The summed E-state index contributed by atoms with van der Waals surface area (Å²) in [5, 5.41) is 14.2. The molecule has 208 valence electrons. The number of aliphatic hydroxyl groups is 1. The van der Waals surface area contributed by atoms with E-state index in [-0.39, 0.29) is 18.4 Å². The van der Waals surface area contributed by atoms with Gasteiger partial charge in [-0.2, -0.15) is 0 Å². The second-order valence-electron chi connectivity index (χ2n) is 9.80. The zero-order chi connectivity index (χ0) is 27.2. The highest BCUT2D eigenvalue weighted by Crippen LogP contribution is 2.23. The summed E-state index contributed by atoms with van der Waals surface area (Å²) in [7, 11) is 1.59. The molecular formula is C30H41FN2O5. The smallest absolute Gasteiger partial charge is 0.220 e. The molecule has 3 rings (SSSR count). The molecule has 0 bridgehead atoms. The third-order valence-electron chi connectivity index (χ3n) is 6.87. The first kappa shape index (κ1) is 29.6. The van der Waals surface area contributed by atoms with E-state index in [4.69, 9.17) is 9.47 Å². The lowest BCUT2D eigenvalue weighted by molar-refractivity contribution is -0.123. The monoisotopic (exact) mass is 528 g/mol. The van der Waals surface area contributed by atoms with Gasteiger partial charge in [-0.25, -0.2) is 0 Å². The van der Waals surface area contributed by atoms with Crippen LogP contribution < -0.4 is 14.8 Å². The van der Waals surface area contributed by atoms with E-state index in [9.17, 15) is 19.1 Å². The van der Waals surface area contributed by atoms with Crippen LogP contribution in [0.4, 0.5) is 4.39 Å². The predicted octanol–water partition coefficient (Wildman–Crippen LogP) is 4.88. The van der Waals surface area contributed by atoms with E-state index in [2.05, 4.69) is 10.2 Å². The zero-order valence-electron chi connectivity index (χ0n) is 22.4. The van der Waals surface area contributed by atoms with Crippen molar-refractivity contribution < 1.29 is 28.6 Å². The molecule has 1 aliphatic rings. The molecule has 0 aliphatic carbocycles. The van der Waals surface area contributed by atoms with Crippen molar-refractivity contribution in [3.63, 3.8) is 0 Å². The summed E-state index contributed by atoms with van der Waals surface area (Å²) in [5.74, 6) is 1.30. The van der Waals surface area contributed by atoms with Crippen molar-refractivity contribution in [2.24, 2.45) is 0 Å². The average Bonchev–Trinajstić information content (AvgIpc) is 3.46. The number of hydrogen-bond acceptors (Lipinski definition) is 6. The van der Waals surface area contributed by atoms with Gasteiger partial charge in [0.05, 0.1) is 26.4 Å². The fourth-order valence-electron chi connectivity index (χ4n) is 4.62. The van der Waals surface area contributed by atoms with E-state index in [1.165, 1.54) is 0 Å². The number of rotatable bonds is 17. The third kappa shape index (κ3) is 9.72. The van der Waals surface area contributed by atoms with Crippen LogP contribution in [0, 0.1) is 0 Å². The molecule has 0 radical (unpaired) electrons. The molecule has 1 saturated heterocycles. The van der Waals surface area contributed by atoms with Gasteiger partial charge in [-0.3, -0.25) is 14.0 Å². The highest BCUT2D eigenvalue weighted by atomic mass is 19.1. The normalized spacial score (nSPS) is 15.1. The first-order valence-electron chi connectivity index (χ1n) is 13.7. The summed E-state index contributed by atoms with van der Waals surface area (Å²) in [4.78, 5) is 27.5. The van der Waals surface area contributed by atoms with Gasteiger partial charge in [-0.1, -0.05) is 12.1 Å². The van der Waals surface area contributed by atoms with Gasteiger partial charge in [0.25, 0.3) is 0 Å². The summed E-state index contributed by atoms with van der Waals surface area (Å²) in [6, 6.07) is 13.8. The summed E-state index contributed by atoms with van der Waals surface area (Å²) >= 11 is 0. The summed E-state index contributed by atoms with van der Waals surface area (Å²) in [5.41, 5.74) is 1.34.